The number of hydrogen-bond donors (Lipinski definition) is 2. The zero-order valence-corrected chi connectivity index (χ0v) is 11.1. The van der Waals surface area contributed by atoms with Crippen molar-refractivity contribution in [3.05, 3.63) is 33.8 Å². The van der Waals surface area contributed by atoms with Crippen molar-refractivity contribution in [3.63, 3.8) is 0 Å². The van der Waals surface area contributed by atoms with E-state index in [1.54, 1.807) is 6.07 Å². The molecule has 1 atom stereocenters. The molecule has 0 aromatic heterocycles. The van der Waals surface area contributed by atoms with Crippen LogP contribution in [0, 0.1) is 0 Å². The summed E-state index contributed by atoms with van der Waals surface area (Å²) in [5, 5.41) is 13.8. The summed E-state index contributed by atoms with van der Waals surface area (Å²) in [4.78, 5) is 0. The lowest BCUT2D eigenvalue weighted by atomic mass is 9.92. The molecule has 0 aliphatic carbocycles. The Labute approximate surface area is 107 Å². The van der Waals surface area contributed by atoms with E-state index in [0.717, 1.165) is 18.5 Å². The predicted molar refractivity (Wildman–Crippen MR) is 69.2 cm³/mol. The number of rotatable bonds is 5. The molecule has 0 bridgehead atoms. The molecule has 90 valence electrons. The largest absolute Gasteiger partial charge is 0.394 e. The van der Waals surface area contributed by atoms with E-state index in [1.807, 2.05) is 19.1 Å². The van der Waals surface area contributed by atoms with Crippen molar-refractivity contribution in [2.75, 3.05) is 13.2 Å². The smallest absolute Gasteiger partial charge is 0.0655 e. The minimum absolute atomic E-state index is 0.0208. The number of hydrogen-bond acceptors (Lipinski definition) is 2. The van der Waals surface area contributed by atoms with E-state index in [-0.39, 0.29) is 6.61 Å². The second-order valence-electron chi connectivity index (χ2n) is 4.02. The normalized spacial score (nSPS) is 14.8. The molecule has 2 nitrogen and oxygen atoms in total. The average molecular weight is 262 g/mol. The van der Waals surface area contributed by atoms with E-state index in [9.17, 15) is 5.11 Å². The highest BCUT2D eigenvalue weighted by Crippen LogP contribution is 2.32. The summed E-state index contributed by atoms with van der Waals surface area (Å²) < 4.78 is 0. The van der Waals surface area contributed by atoms with Crippen molar-refractivity contribution in [2.45, 2.75) is 25.8 Å². The van der Waals surface area contributed by atoms with Gasteiger partial charge in [0.2, 0.25) is 0 Å². The van der Waals surface area contributed by atoms with Gasteiger partial charge in [0.15, 0.2) is 0 Å². The number of benzene rings is 1. The highest BCUT2D eigenvalue weighted by Gasteiger charge is 2.27. The topological polar surface area (TPSA) is 32.3 Å². The van der Waals surface area contributed by atoms with Crippen LogP contribution < -0.4 is 5.32 Å². The Morgan fingerprint density at radius 1 is 1.38 bits per heavy atom. The number of halogens is 2. The van der Waals surface area contributed by atoms with Gasteiger partial charge in [-0.3, -0.25) is 0 Å². The van der Waals surface area contributed by atoms with Crippen LogP contribution in [0.2, 0.25) is 10.0 Å². The van der Waals surface area contributed by atoms with Crippen molar-refractivity contribution in [1.29, 1.82) is 0 Å². The lowest BCUT2D eigenvalue weighted by Gasteiger charge is -2.30. The summed E-state index contributed by atoms with van der Waals surface area (Å²) in [6.45, 7) is 4.79. The molecule has 0 spiro atoms. The fraction of sp³-hybridized carbons (Fsp3) is 0.500. The van der Waals surface area contributed by atoms with Gasteiger partial charge in [0, 0.05) is 0 Å². The number of nitrogens with one attached hydrogen (secondary N) is 1. The summed E-state index contributed by atoms with van der Waals surface area (Å²) in [5.74, 6) is 0. The SMILES string of the molecule is CCCNC(C)(CO)c1cccc(Cl)c1Cl. The van der Waals surface area contributed by atoms with Gasteiger partial charge in [-0.15, -0.1) is 0 Å². The van der Waals surface area contributed by atoms with Crippen LogP contribution in [0.5, 0.6) is 0 Å². The lowest BCUT2D eigenvalue weighted by molar-refractivity contribution is 0.175. The van der Waals surface area contributed by atoms with Crippen LogP contribution in [0.4, 0.5) is 0 Å². The van der Waals surface area contributed by atoms with Gasteiger partial charge in [0.05, 0.1) is 22.2 Å². The molecule has 0 radical (unpaired) electrons. The Morgan fingerprint density at radius 2 is 2.06 bits per heavy atom. The summed E-state index contributed by atoms with van der Waals surface area (Å²) in [6.07, 6.45) is 0.994. The first-order valence-electron chi connectivity index (χ1n) is 5.35. The molecule has 1 rings (SSSR count). The van der Waals surface area contributed by atoms with Gasteiger partial charge in [-0.2, -0.15) is 0 Å². The van der Waals surface area contributed by atoms with E-state index in [1.165, 1.54) is 0 Å². The second-order valence-corrected chi connectivity index (χ2v) is 4.80. The molecule has 1 unspecified atom stereocenters. The van der Waals surface area contributed by atoms with Crippen LogP contribution >= 0.6 is 23.2 Å². The third-order valence-corrected chi connectivity index (χ3v) is 3.45. The van der Waals surface area contributed by atoms with Crippen molar-refractivity contribution < 1.29 is 5.11 Å². The minimum Gasteiger partial charge on any atom is -0.394 e. The quantitative estimate of drug-likeness (QED) is 0.854. The number of aliphatic hydroxyl groups excluding tert-OH is 1. The van der Waals surface area contributed by atoms with E-state index in [4.69, 9.17) is 23.2 Å². The highest BCUT2D eigenvalue weighted by atomic mass is 35.5. The van der Waals surface area contributed by atoms with Gasteiger partial charge in [-0.05, 0) is 31.5 Å². The van der Waals surface area contributed by atoms with Gasteiger partial charge < -0.3 is 10.4 Å². The van der Waals surface area contributed by atoms with Crippen LogP contribution in [0.1, 0.15) is 25.8 Å². The molecule has 1 aromatic rings. The third kappa shape index (κ3) is 2.89. The van der Waals surface area contributed by atoms with E-state index < -0.39 is 5.54 Å². The average Bonchev–Trinajstić information content (AvgIpc) is 2.29. The Kier molecular flexibility index (Phi) is 5.06. The van der Waals surface area contributed by atoms with Crippen molar-refractivity contribution in [3.8, 4) is 0 Å². The fourth-order valence-electron chi connectivity index (χ4n) is 1.57. The molecule has 0 aliphatic rings. The fourth-order valence-corrected chi connectivity index (χ4v) is 2.08. The Morgan fingerprint density at radius 3 is 2.62 bits per heavy atom. The molecular formula is C12H17Cl2NO. The van der Waals surface area contributed by atoms with Crippen molar-refractivity contribution >= 4 is 23.2 Å². The molecule has 16 heavy (non-hydrogen) atoms. The Hall–Kier alpha value is -0.280. The summed E-state index contributed by atoms with van der Waals surface area (Å²) in [6, 6.07) is 5.46. The molecule has 1 aromatic carbocycles. The molecule has 0 aliphatic heterocycles. The van der Waals surface area contributed by atoms with E-state index in [2.05, 4.69) is 12.2 Å². The van der Waals surface area contributed by atoms with Gasteiger partial charge in [-0.1, -0.05) is 42.3 Å². The third-order valence-electron chi connectivity index (χ3n) is 2.63. The molecule has 2 N–H and O–H groups in total. The summed E-state index contributed by atoms with van der Waals surface area (Å²) in [5.41, 5.74) is 0.287. The Bertz CT molecular complexity index is 357. The monoisotopic (exact) mass is 261 g/mol. The van der Waals surface area contributed by atoms with Crippen molar-refractivity contribution in [1.82, 2.24) is 5.32 Å². The maximum absolute atomic E-state index is 9.52. The molecule has 0 saturated carbocycles. The standard InChI is InChI=1S/C12H17Cl2NO/c1-3-7-15-12(2,8-16)9-5-4-6-10(13)11(9)14/h4-6,15-16H,3,7-8H2,1-2H3. The molecule has 0 saturated heterocycles. The second kappa shape index (κ2) is 5.87. The van der Waals surface area contributed by atoms with Gasteiger partial charge >= 0.3 is 0 Å². The van der Waals surface area contributed by atoms with E-state index >= 15 is 0 Å². The molecule has 0 heterocycles. The number of aliphatic hydroxyl groups is 1. The van der Waals surface area contributed by atoms with Gasteiger partial charge in [0.25, 0.3) is 0 Å². The van der Waals surface area contributed by atoms with Crippen LogP contribution in [-0.4, -0.2) is 18.3 Å². The highest BCUT2D eigenvalue weighted by molar-refractivity contribution is 6.42. The first kappa shape index (κ1) is 13.8. The maximum atomic E-state index is 9.52. The zero-order valence-electron chi connectivity index (χ0n) is 9.56. The van der Waals surface area contributed by atoms with Crippen LogP contribution in [0.15, 0.2) is 18.2 Å². The van der Waals surface area contributed by atoms with Gasteiger partial charge in [-0.25, -0.2) is 0 Å². The first-order valence-corrected chi connectivity index (χ1v) is 6.11. The van der Waals surface area contributed by atoms with Gasteiger partial charge in [0.1, 0.15) is 0 Å². The molecule has 0 amide bonds. The Balaban J connectivity index is 3.07. The molecule has 4 heteroatoms. The molecular weight excluding hydrogens is 245 g/mol. The first-order chi connectivity index (χ1) is 7.55. The minimum atomic E-state index is -0.544. The van der Waals surface area contributed by atoms with Crippen LogP contribution in [0.3, 0.4) is 0 Å². The lowest BCUT2D eigenvalue weighted by Crippen LogP contribution is -2.43. The van der Waals surface area contributed by atoms with Crippen LogP contribution in [0.25, 0.3) is 0 Å². The predicted octanol–water partition coefficient (Wildman–Crippen LogP) is 3.20. The van der Waals surface area contributed by atoms with E-state index in [0.29, 0.717) is 10.0 Å². The zero-order chi connectivity index (χ0) is 12.2. The van der Waals surface area contributed by atoms with Crippen molar-refractivity contribution in [2.24, 2.45) is 0 Å². The summed E-state index contributed by atoms with van der Waals surface area (Å²) >= 11 is 12.1. The summed E-state index contributed by atoms with van der Waals surface area (Å²) in [7, 11) is 0. The molecule has 0 fully saturated rings. The van der Waals surface area contributed by atoms with Crippen LogP contribution in [-0.2, 0) is 5.54 Å². The maximum Gasteiger partial charge on any atom is 0.0655 e.